The molecular weight excluding hydrogens is 407 g/mol. The average Bonchev–Trinajstić information content (AvgIpc) is 2.71. The maximum Gasteiger partial charge on any atom is 0.253 e. The van der Waals surface area contributed by atoms with Gasteiger partial charge in [0.05, 0.1) is 17.5 Å². The SMILES string of the molecule is O=C1CCC(c2cccc(-c3ccc(Cn4ccc(F)cc4=O)cc3)c2Cl)C(=O)N1. The van der Waals surface area contributed by atoms with Crippen molar-refractivity contribution in [1.82, 2.24) is 9.88 Å². The fourth-order valence-electron chi connectivity index (χ4n) is 3.63. The first-order valence-electron chi connectivity index (χ1n) is 9.50. The lowest BCUT2D eigenvalue weighted by Crippen LogP contribution is -2.39. The van der Waals surface area contributed by atoms with Crippen LogP contribution in [0, 0.1) is 5.82 Å². The van der Waals surface area contributed by atoms with Gasteiger partial charge in [-0.3, -0.25) is 19.7 Å². The van der Waals surface area contributed by atoms with Crippen molar-refractivity contribution >= 4 is 23.4 Å². The van der Waals surface area contributed by atoms with Crippen LogP contribution >= 0.6 is 11.6 Å². The third kappa shape index (κ3) is 4.04. The first kappa shape index (κ1) is 20.0. The van der Waals surface area contributed by atoms with Gasteiger partial charge in [-0.1, -0.05) is 54.1 Å². The molecule has 5 nitrogen and oxygen atoms in total. The fourth-order valence-corrected chi connectivity index (χ4v) is 4.00. The van der Waals surface area contributed by atoms with Gasteiger partial charge >= 0.3 is 0 Å². The zero-order chi connectivity index (χ0) is 21.3. The minimum absolute atomic E-state index is 0.264. The number of hydrogen-bond donors (Lipinski definition) is 1. The molecule has 2 aromatic carbocycles. The van der Waals surface area contributed by atoms with E-state index in [-0.39, 0.29) is 18.2 Å². The van der Waals surface area contributed by atoms with Gasteiger partial charge in [0.15, 0.2) is 0 Å². The second kappa shape index (κ2) is 8.24. The first-order chi connectivity index (χ1) is 14.4. The minimum atomic E-state index is -0.558. The molecule has 7 heteroatoms. The highest BCUT2D eigenvalue weighted by atomic mass is 35.5. The van der Waals surface area contributed by atoms with Gasteiger partial charge in [0.1, 0.15) is 5.82 Å². The number of rotatable bonds is 4. The van der Waals surface area contributed by atoms with Crippen LogP contribution in [0.4, 0.5) is 4.39 Å². The summed E-state index contributed by atoms with van der Waals surface area (Å²) in [6, 6.07) is 15.2. The third-order valence-electron chi connectivity index (χ3n) is 5.22. The summed E-state index contributed by atoms with van der Waals surface area (Å²) in [7, 11) is 0. The summed E-state index contributed by atoms with van der Waals surface area (Å²) in [6.45, 7) is 0.323. The Balaban J connectivity index is 1.59. The monoisotopic (exact) mass is 424 g/mol. The molecule has 1 aliphatic heterocycles. The summed E-state index contributed by atoms with van der Waals surface area (Å²) < 4.78 is 14.5. The lowest BCUT2D eigenvalue weighted by atomic mass is 9.88. The maximum absolute atomic E-state index is 13.1. The van der Waals surface area contributed by atoms with Crippen molar-refractivity contribution < 1.29 is 14.0 Å². The Morgan fingerprint density at radius 3 is 2.53 bits per heavy atom. The number of carbonyl (C=O) groups excluding carboxylic acids is 2. The average molecular weight is 425 g/mol. The Bertz CT molecular complexity index is 1190. The molecular formula is C23H18ClFN2O3. The number of nitrogens with one attached hydrogen (secondary N) is 1. The molecule has 1 aliphatic rings. The number of hydrogen-bond acceptors (Lipinski definition) is 3. The van der Waals surface area contributed by atoms with E-state index in [4.69, 9.17) is 11.6 Å². The van der Waals surface area contributed by atoms with E-state index in [1.807, 2.05) is 36.4 Å². The molecule has 1 saturated heterocycles. The van der Waals surface area contributed by atoms with Crippen LogP contribution in [0.25, 0.3) is 11.1 Å². The minimum Gasteiger partial charge on any atom is -0.311 e. The molecule has 0 saturated carbocycles. The summed E-state index contributed by atoms with van der Waals surface area (Å²) >= 11 is 6.64. The normalized spacial score (nSPS) is 16.4. The van der Waals surface area contributed by atoms with Crippen molar-refractivity contribution in [1.29, 1.82) is 0 Å². The molecule has 152 valence electrons. The van der Waals surface area contributed by atoms with Crippen molar-refractivity contribution in [2.24, 2.45) is 0 Å². The van der Waals surface area contributed by atoms with Crippen LogP contribution in [-0.2, 0) is 16.1 Å². The quantitative estimate of drug-likeness (QED) is 0.646. The predicted octanol–water partition coefficient (Wildman–Crippen LogP) is 3.88. The van der Waals surface area contributed by atoms with Gasteiger partial charge in [-0.25, -0.2) is 4.39 Å². The summed E-state index contributed by atoms with van der Waals surface area (Å²) in [5.74, 6) is -1.61. The van der Waals surface area contributed by atoms with Crippen molar-refractivity contribution in [2.75, 3.05) is 0 Å². The van der Waals surface area contributed by atoms with Crippen LogP contribution in [0.2, 0.25) is 5.02 Å². The Morgan fingerprint density at radius 2 is 1.83 bits per heavy atom. The first-order valence-corrected chi connectivity index (χ1v) is 9.87. The Morgan fingerprint density at radius 1 is 1.07 bits per heavy atom. The van der Waals surface area contributed by atoms with Gasteiger partial charge in [0.25, 0.3) is 5.56 Å². The molecule has 30 heavy (non-hydrogen) atoms. The van der Waals surface area contributed by atoms with Gasteiger partial charge in [-0.2, -0.15) is 0 Å². The molecule has 1 N–H and O–H groups in total. The Kier molecular flexibility index (Phi) is 5.50. The second-order valence-corrected chi connectivity index (χ2v) is 7.60. The molecule has 1 fully saturated rings. The summed E-state index contributed by atoms with van der Waals surface area (Å²) in [6.07, 6.45) is 2.14. The zero-order valence-corrected chi connectivity index (χ0v) is 16.7. The number of amides is 2. The highest BCUT2D eigenvalue weighted by molar-refractivity contribution is 6.34. The van der Waals surface area contributed by atoms with Gasteiger partial charge in [-0.05, 0) is 29.2 Å². The third-order valence-corrected chi connectivity index (χ3v) is 5.64. The second-order valence-electron chi connectivity index (χ2n) is 7.22. The lowest BCUT2D eigenvalue weighted by molar-refractivity contribution is -0.134. The molecule has 0 bridgehead atoms. The van der Waals surface area contributed by atoms with E-state index in [9.17, 15) is 18.8 Å². The van der Waals surface area contributed by atoms with Crippen LogP contribution in [0.15, 0.2) is 65.6 Å². The summed E-state index contributed by atoms with van der Waals surface area (Å²) in [5, 5.41) is 2.85. The van der Waals surface area contributed by atoms with Gasteiger partial charge in [0, 0.05) is 24.2 Å². The van der Waals surface area contributed by atoms with E-state index in [0.717, 1.165) is 22.8 Å². The van der Waals surface area contributed by atoms with Crippen LogP contribution in [0.3, 0.4) is 0 Å². The van der Waals surface area contributed by atoms with Crippen LogP contribution in [-0.4, -0.2) is 16.4 Å². The largest absolute Gasteiger partial charge is 0.311 e. The number of piperidine rings is 1. The van der Waals surface area contributed by atoms with Crippen molar-refractivity contribution in [3.05, 3.63) is 93.1 Å². The molecule has 4 rings (SSSR count). The van der Waals surface area contributed by atoms with E-state index < -0.39 is 17.3 Å². The predicted molar refractivity (Wildman–Crippen MR) is 112 cm³/mol. The maximum atomic E-state index is 13.1. The number of nitrogens with zero attached hydrogens (tertiary/aromatic N) is 1. The Hall–Kier alpha value is -3.25. The highest BCUT2D eigenvalue weighted by Crippen LogP contribution is 2.37. The summed E-state index contributed by atoms with van der Waals surface area (Å²) in [5.41, 5.74) is 2.82. The van der Waals surface area contributed by atoms with Crippen molar-refractivity contribution in [3.63, 3.8) is 0 Å². The van der Waals surface area contributed by atoms with E-state index in [1.54, 1.807) is 6.07 Å². The molecule has 1 atom stereocenters. The van der Waals surface area contributed by atoms with Gasteiger partial charge in [-0.15, -0.1) is 0 Å². The molecule has 0 aliphatic carbocycles. The number of benzene rings is 2. The Labute approximate surface area is 177 Å². The van der Waals surface area contributed by atoms with E-state index >= 15 is 0 Å². The van der Waals surface area contributed by atoms with Crippen LogP contribution in [0.5, 0.6) is 0 Å². The van der Waals surface area contributed by atoms with E-state index in [1.165, 1.54) is 16.8 Å². The van der Waals surface area contributed by atoms with Crippen LogP contribution < -0.4 is 10.9 Å². The van der Waals surface area contributed by atoms with Gasteiger partial charge in [0.2, 0.25) is 11.8 Å². The number of halogens is 2. The van der Waals surface area contributed by atoms with E-state index in [0.29, 0.717) is 23.6 Å². The highest BCUT2D eigenvalue weighted by Gasteiger charge is 2.30. The molecule has 1 unspecified atom stereocenters. The molecule has 0 spiro atoms. The standard InChI is InChI=1S/C23H18ClFN2O3/c24-22-17(2-1-3-18(22)19-8-9-20(28)26-23(19)30)15-6-4-14(5-7-15)13-27-11-10-16(25)12-21(27)29/h1-7,10-12,19H,8-9,13H2,(H,26,28,30). The number of aromatic nitrogens is 1. The fraction of sp³-hybridized carbons (Fsp3) is 0.174. The number of imide groups is 1. The number of carbonyl (C=O) groups is 2. The zero-order valence-electron chi connectivity index (χ0n) is 15.9. The summed E-state index contributed by atoms with van der Waals surface area (Å²) in [4.78, 5) is 35.5. The smallest absolute Gasteiger partial charge is 0.253 e. The van der Waals surface area contributed by atoms with Crippen molar-refractivity contribution in [2.45, 2.75) is 25.3 Å². The topological polar surface area (TPSA) is 68.2 Å². The molecule has 2 amide bonds. The molecule has 3 aromatic rings. The molecule has 2 heterocycles. The molecule has 1 aromatic heterocycles. The number of pyridine rings is 1. The van der Waals surface area contributed by atoms with Gasteiger partial charge < -0.3 is 4.57 Å². The van der Waals surface area contributed by atoms with Crippen LogP contribution in [0.1, 0.15) is 29.9 Å². The van der Waals surface area contributed by atoms with E-state index in [2.05, 4.69) is 5.32 Å². The van der Waals surface area contributed by atoms with Crippen molar-refractivity contribution in [3.8, 4) is 11.1 Å². The lowest BCUT2D eigenvalue weighted by Gasteiger charge is -2.23. The molecule has 0 radical (unpaired) electrons.